The molecule has 0 bridgehead atoms. The molecular formula is C11H4Br2F10O2S. The summed E-state index contributed by atoms with van der Waals surface area (Å²) in [4.78, 5) is -2.02. The minimum Gasteiger partial charge on any atom is -0.217 e. The highest BCUT2D eigenvalue weighted by Crippen LogP contribution is 2.52. The van der Waals surface area contributed by atoms with Gasteiger partial charge in [-0.1, -0.05) is 31.9 Å². The molecule has 0 unspecified atom stereocenters. The number of alkyl halides is 10. The van der Waals surface area contributed by atoms with E-state index in [0.29, 0.717) is 0 Å². The molecule has 15 heteroatoms. The molecule has 0 aliphatic carbocycles. The molecule has 0 spiro atoms. The molecular weight excluding hydrogens is 546 g/mol. The van der Waals surface area contributed by atoms with Crippen molar-refractivity contribution in [3.63, 3.8) is 0 Å². The Bertz CT molecular complexity index is 798. The van der Waals surface area contributed by atoms with Gasteiger partial charge in [0.1, 0.15) is 0 Å². The maximum Gasteiger partial charge on any atom is 0.461 e. The molecule has 0 aliphatic rings. The van der Waals surface area contributed by atoms with Gasteiger partial charge in [0.05, 0.1) is 11.3 Å². The Hall–Kier alpha value is -0.570. The van der Waals surface area contributed by atoms with Crippen LogP contribution in [-0.2, 0) is 16.3 Å². The Morgan fingerprint density at radius 2 is 1.31 bits per heavy atom. The molecule has 150 valence electrons. The van der Waals surface area contributed by atoms with Gasteiger partial charge in [0.15, 0.2) is 0 Å². The summed E-state index contributed by atoms with van der Waals surface area (Å²) in [5.41, 5.74) is -1.45. The molecule has 0 amide bonds. The summed E-state index contributed by atoms with van der Waals surface area (Å²) >= 11 is 5.00. The number of rotatable bonds is 4. The largest absolute Gasteiger partial charge is 0.461 e. The topological polar surface area (TPSA) is 34.1 Å². The lowest BCUT2D eigenvalue weighted by Crippen LogP contribution is -2.56. The van der Waals surface area contributed by atoms with Crippen LogP contribution < -0.4 is 0 Å². The first-order valence-corrected chi connectivity index (χ1v) is 8.94. The minimum absolute atomic E-state index is 0.0849. The van der Waals surface area contributed by atoms with E-state index in [1.54, 1.807) is 0 Å². The van der Waals surface area contributed by atoms with Crippen molar-refractivity contribution in [3.05, 3.63) is 26.6 Å². The fourth-order valence-electron chi connectivity index (χ4n) is 1.66. The van der Waals surface area contributed by atoms with E-state index in [-0.39, 0.29) is 6.07 Å². The lowest BCUT2D eigenvalue weighted by molar-refractivity contribution is -0.332. The third-order valence-electron chi connectivity index (χ3n) is 2.85. The number of halogens is 12. The van der Waals surface area contributed by atoms with Gasteiger partial charge in [-0.2, -0.15) is 43.9 Å². The molecule has 0 N–H and O–H groups in total. The molecule has 0 aliphatic heterocycles. The van der Waals surface area contributed by atoms with Crippen LogP contribution in [0.15, 0.2) is 26.0 Å². The predicted molar refractivity (Wildman–Crippen MR) is 74.7 cm³/mol. The molecule has 0 saturated heterocycles. The summed E-state index contributed by atoms with van der Waals surface area (Å²) in [6, 6.07) is 0.863. The van der Waals surface area contributed by atoms with Crippen LogP contribution >= 0.6 is 31.9 Å². The molecule has 0 heterocycles. The van der Waals surface area contributed by atoms with Crippen LogP contribution in [0.25, 0.3) is 0 Å². The monoisotopic (exact) mass is 548 g/mol. The van der Waals surface area contributed by atoms with Crippen LogP contribution in [0.3, 0.4) is 0 Å². The van der Waals surface area contributed by atoms with Crippen molar-refractivity contribution in [2.45, 2.75) is 34.8 Å². The third kappa shape index (κ3) is 4.13. The van der Waals surface area contributed by atoms with Gasteiger partial charge in [0.2, 0.25) is 0 Å². The van der Waals surface area contributed by atoms with Gasteiger partial charge in [-0.3, -0.25) is 0 Å². The van der Waals surface area contributed by atoms with Crippen molar-refractivity contribution in [1.82, 2.24) is 0 Å². The molecule has 0 radical (unpaired) electrons. The Balaban J connectivity index is 3.79. The molecule has 26 heavy (non-hydrogen) atoms. The highest BCUT2D eigenvalue weighted by atomic mass is 79.9. The molecule has 0 fully saturated rings. The fraction of sp³-hybridized carbons (Fsp3) is 0.455. The van der Waals surface area contributed by atoms with Crippen molar-refractivity contribution in [2.24, 2.45) is 0 Å². The maximum absolute atomic E-state index is 13.7. The van der Waals surface area contributed by atoms with Crippen LogP contribution in [0.1, 0.15) is 5.56 Å². The summed E-state index contributed by atoms with van der Waals surface area (Å²) in [5.74, 6) is -7.05. The van der Waals surface area contributed by atoms with Crippen LogP contribution in [0.2, 0.25) is 0 Å². The van der Waals surface area contributed by atoms with Crippen LogP contribution in [0, 0.1) is 0 Å². The summed E-state index contributed by atoms with van der Waals surface area (Å²) in [6.45, 7) is 0. The van der Waals surface area contributed by atoms with E-state index < -0.39 is 59.2 Å². The average Bonchev–Trinajstić information content (AvgIpc) is 2.38. The number of sulfone groups is 1. The molecule has 0 aromatic heterocycles. The highest BCUT2D eigenvalue weighted by molar-refractivity contribution is 9.11. The number of hydrogen-bond donors (Lipinski definition) is 0. The lowest BCUT2D eigenvalue weighted by atomic mass is 10.1. The quantitative estimate of drug-likeness (QED) is 0.440. The zero-order chi connectivity index (χ0) is 20.9. The van der Waals surface area contributed by atoms with Gasteiger partial charge in [0, 0.05) is 8.95 Å². The van der Waals surface area contributed by atoms with Crippen molar-refractivity contribution >= 4 is 41.7 Å². The molecule has 1 aromatic carbocycles. The Labute approximate surface area is 155 Å². The number of hydrogen-bond acceptors (Lipinski definition) is 2. The standard InChI is InChI=1S/C11H4Br2F10O2S/c12-4-1-6(13)5(3-8(14,15)16)7(2-4)26(24,25)11(22,23)9(17,18)10(19,20)21/h1-2H,3H2. The van der Waals surface area contributed by atoms with Crippen molar-refractivity contribution < 1.29 is 52.3 Å². The smallest absolute Gasteiger partial charge is 0.217 e. The molecule has 0 atom stereocenters. The molecule has 0 saturated carbocycles. The second-order valence-corrected chi connectivity index (χ2v) is 8.48. The maximum atomic E-state index is 13.7. The second kappa shape index (κ2) is 6.79. The summed E-state index contributed by atoms with van der Waals surface area (Å²) in [5, 5.41) is -6.77. The van der Waals surface area contributed by atoms with E-state index in [1.807, 2.05) is 0 Å². The van der Waals surface area contributed by atoms with E-state index in [4.69, 9.17) is 0 Å². The van der Waals surface area contributed by atoms with Gasteiger partial charge in [-0.25, -0.2) is 8.42 Å². The Morgan fingerprint density at radius 1 is 0.846 bits per heavy atom. The van der Waals surface area contributed by atoms with E-state index in [2.05, 4.69) is 31.9 Å². The fourth-order valence-corrected chi connectivity index (χ4v) is 4.83. The van der Waals surface area contributed by atoms with Crippen LogP contribution in [0.4, 0.5) is 43.9 Å². The van der Waals surface area contributed by atoms with Gasteiger partial charge in [-0.05, 0) is 17.7 Å². The number of benzene rings is 1. The van der Waals surface area contributed by atoms with E-state index in [9.17, 15) is 52.3 Å². The summed E-state index contributed by atoms with van der Waals surface area (Å²) in [6.07, 6.45) is -14.3. The average molecular weight is 550 g/mol. The normalized spacial score (nSPS) is 14.6. The van der Waals surface area contributed by atoms with E-state index in [1.165, 1.54) is 0 Å². The SMILES string of the molecule is O=S(=O)(c1cc(Br)cc(Br)c1CC(F)(F)F)C(F)(F)C(F)(F)C(F)(F)F. The first-order chi connectivity index (χ1) is 11.3. The zero-order valence-corrected chi connectivity index (χ0v) is 15.6. The Kier molecular flexibility index (Phi) is 6.13. The van der Waals surface area contributed by atoms with Crippen LogP contribution in [0.5, 0.6) is 0 Å². The van der Waals surface area contributed by atoms with Crippen molar-refractivity contribution in [2.75, 3.05) is 0 Å². The third-order valence-corrected chi connectivity index (χ3v) is 5.89. The van der Waals surface area contributed by atoms with E-state index in [0.717, 1.165) is 6.07 Å². The highest BCUT2D eigenvalue weighted by Gasteiger charge is 2.78. The van der Waals surface area contributed by atoms with Gasteiger partial charge in [-0.15, -0.1) is 0 Å². The Morgan fingerprint density at radius 3 is 1.69 bits per heavy atom. The zero-order valence-electron chi connectivity index (χ0n) is 11.6. The van der Waals surface area contributed by atoms with E-state index >= 15 is 0 Å². The van der Waals surface area contributed by atoms with Gasteiger partial charge >= 0.3 is 23.5 Å². The predicted octanol–water partition coefficient (Wildman–Crippen LogP) is 5.88. The lowest BCUT2D eigenvalue weighted by Gasteiger charge is -2.28. The summed E-state index contributed by atoms with van der Waals surface area (Å²) in [7, 11) is -6.89. The van der Waals surface area contributed by atoms with Crippen molar-refractivity contribution in [1.29, 1.82) is 0 Å². The minimum atomic E-state index is -7.05. The summed E-state index contributed by atoms with van der Waals surface area (Å²) < 4.78 is 150. The van der Waals surface area contributed by atoms with Gasteiger partial charge < -0.3 is 0 Å². The molecule has 1 aromatic rings. The molecule has 1 rings (SSSR count). The van der Waals surface area contributed by atoms with Gasteiger partial charge in [0.25, 0.3) is 9.84 Å². The molecule has 2 nitrogen and oxygen atoms in total. The second-order valence-electron chi connectivity index (χ2n) is 4.75. The van der Waals surface area contributed by atoms with Crippen molar-refractivity contribution in [3.8, 4) is 0 Å². The first-order valence-electron chi connectivity index (χ1n) is 5.87. The van der Waals surface area contributed by atoms with Crippen LogP contribution in [-0.4, -0.2) is 31.9 Å². The first kappa shape index (κ1) is 23.5.